The molecule has 142 valence electrons. The van der Waals surface area contributed by atoms with E-state index in [0.717, 1.165) is 28.5 Å². The summed E-state index contributed by atoms with van der Waals surface area (Å²) in [4.78, 5) is 6.69. The van der Waals surface area contributed by atoms with Crippen LogP contribution >= 0.6 is 12.2 Å². The van der Waals surface area contributed by atoms with E-state index in [2.05, 4.69) is 27.3 Å². The van der Waals surface area contributed by atoms with Gasteiger partial charge >= 0.3 is 0 Å². The first kappa shape index (κ1) is 17.6. The zero-order valence-corrected chi connectivity index (χ0v) is 16.4. The molecule has 0 bridgehead atoms. The molecule has 1 saturated heterocycles. The number of para-hydroxylation sites is 1. The molecule has 1 aliphatic rings. The van der Waals surface area contributed by atoms with Gasteiger partial charge in [0.2, 0.25) is 0 Å². The van der Waals surface area contributed by atoms with Crippen molar-refractivity contribution in [3.63, 3.8) is 0 Å². The maximum atomic E-state index is 6.34. The lowest BCUT2D eigenvalue weighted by molar-refractivity contribution is 0.439. The smallest absolute Gasteiger partial charge is 0.174 e. The van der Waals surface area contributed by atoms with Crippen molar-refractivity contribution in [3.8, 4) is 11.3 Å². The summed E-state index contributed by atoms with van der Waals surface area (Å²) in [6, 6.07) is 30.0. The number of pyridine rings is 1. The molecule has 0 unspecified atom stereocenters. The van der Waals surface area contributed by atoms with Gasteiger partial charge in [0.05, 0.1) is 11.7 Å². The zero-order valence-electron chi connectivity index (χ0n) is 15.6. The second-order valence-corrected chi connectivity index (χ2v) is 7.29. The lowest BCUT2D eigenvalue weighted by Crippen LogP contribution is -2.29. The van der Waals surface area contributed by atoms with Gasteiger partial charge in [0.1, 0.15) is 17.6 Å². The molecule has 0 spiro atoms. The zero-order chi connectivity index (χ0) is 19.6. The van der Waals surface area contributed by atoms with Crippen molar-refractivity contribution >= 4 is 23.0 Å². The van der Waals surface area contributed by atoms with Crippen molar-refractivity contribution in [2.75, 3.05) is 4.90 Å². The minimum absolute atomic E-state index is 0.112. The highest BCUT2D eigenvalue weighted by Gasteiger charge is 2.42. The molecule has 1 N–H and O–H groups in total. The molecule has 5 rings (SSSR count). The lowest BCUT2D eigenvalue weighted by Gasteiger charge is -2.26. The van der Waals surface area contributed by atoms with Gasteiger partial charge in [0.25, 0.3) is 0 Å². The molecular formula is C24H19N3OS. The maximum Gasteiger partial charge on any atom is 0.174 e. The Labute approximate surface area is 174 Å². The Morgan fingerprint density at radius 3 is 2.28 bits per heavy atom. The average Bonchev–Trinajstić information content (AvgIpc) is 3.40. The molecule has 0 amide bonds. The Bertz CT molecular complexity index is 1110. The van der Waals surface area contributed by atoms with Crippen LogP contribution in [0.4, 0.5) is 5.69 Å². The third-order valence-electron chi connectivity index (χ3n) is 5.11. The van der Waals surface area contributed by atoms with Crippen LogP contribution in [0.25, 0.3) is 11.3 Å². The molecule has 2 aromatic heterocycles. The second-order valence-electron chi connectivity index (χ2n) is 6.90. The molecule has 0 saturated carbocycles. The number of hydrogen-bond donors (Lipinski definition) is 1. The van der Waals surface area contributed by atoms with Crippen LogP contribution in [0.2, 0.25) is 0 Å². The molecule has 4 nitrogen and oxygen atoms in total. The summed E-state index contributed by atoms with van der Waals surface area (Å²) in [7, 11) is 0. The Hall–Kier alpha value is -3.44. The molecular weight excluding hydrogens is 378 g/mol. The van der Waals surface area contributed by atoms with E-state index >= 15 is 0 Å². The summed E-state index contributed by atoms with van der Waals surface area (Å²) in [6.45, 7) is 0. The number of benzene rings is 2. The first-order valence-electron chi connectivity index (χ1n) is 9.52. The standard InChI is InChI=1S/C24H19N3OS/c29-24-26-22(19-13-7-8-16-25-19)23(27(24)18-11-5-2-6-12-18)21-15-14-20(28-21)17-9-3-1-4-10-17/h1-16,22-23H,(H,26,29)/t22-,23-/m0/s1. The fourth-order valence-corrected chi connectivity index (χ4v) is 4.13. The Morgan fingerprint density at radius 1 is 0.828 bits per heavy atom. The van der Waals surface area contributed by atoms with Crippen LogP contribution < -0.4 is 10.2 Å². The summed E-state index contributed by atoms with van der Waals surface area (Å²) in [5, 5.41) is 4.11. The van der Waals surface area contributed by atoms with Crippen LogP contribution in [0.3, 0.4) is 0 Å². The molecule has 29 heavy (non-hydrogen) atoms. The lowest BCUT2D eigenvalue weighted by atomic mass is 10.0. The van der Waals surface area contributed by atoms with Gasteiger partial charge in [-0.1, -0.05) is 54.6 Å². The monoisotopic (exact) mass is 397 g/mol. The number of aromatic nitrogens is 1. The van der Waals surface area contributed by atoms with E-state index in [4.69, 9.17) is 16.6 Å². The Kier molecular flexibility index (Phi) is 4.58. The molecule has 2 aromatic carbocycles. The molecule has 2 atom stereocenters. The molecule has 1 fully saturated rings. The van der Waals surface area contributed by atoms with Crippen molar-refractivity contribution in [2.24, 2.45) is 0 Å². The van der Waals surface area contributed by atoms with Crippen molar-refractivity contribution in [2.45, 2.75) is 12.1 Å². The SMILES string of the molecule is S=C1N[C@@H](c2ccccn2)[C@H](c2ccc(-c3ccccc3)o2)N1c1ccccc1. The Morgan fingerprint density at radius 2 is 1.55 bits per heavy atom. The first-order valence-corrected chi connectivity index (χ1v) is 9.93. The second kappa shape index (κ2) is 7.53. The molecule has 4 aromatic rings. The highest BCUT2D eigenvalue weighted by atomic mass is 32.1. The average molecular weight is 398 g/mol. The topological polar surface area (TPSA) is 41.3 Å². The minimum Gasteiger partial charge on any atom is -0.459 e. The molecule has 1 aliphatic heterocycles. The number of rotatable bonds is 4. The van der Waals surface area contributed by atoms with Crippen molar-refractivity contribution in [1.29, 1.82) is 0 Å². The summed E-state index contributed by atoms with van der Waals surface area (Å²) in [6.07, 6.45) is 1.81. The number of nitrogens with zero attached hydrogens (tertiary/aromatic N) is 2. The highest BCUT2D eigenvalue weighted by molar-refractivity contribution is 7.80. The summed E-state index contributed by atoms with van der Waals surface area (Å²) >= 11 is 5.72. The number of anilines is 1. The summed E-state index contributed by atoms with van der Waals surface area (Å²) in [5.74, 6) is 1.68. The predicted octanol–water partition coefficient (Wildman–Crippen LogP) is 5.52. The highest BCUT2D eigenvalue weighted by Crippen LogP contribution is 2.42. The molecule has 5 heteroatoms. The van der Waals surface area contributed by atoms with E-state index in [-0.39, 0.29) is 12.1 Å². The van der Waals surface area contributed by atoms with Gasteiger partial charge in [-0.3, -0.25) is 4.98 Å². The van der Waals surface area contributed by atoms with Crippen molar-refractivity contribution in [3.05, 3.63) is 109 Å². The van der Waals surface area contributed by atoms with Crippen LogP contribution in [0.5, 0.6) is 0 Å². The van der Waals surface area contributed by atoms with E-state index < -0.39 is 0 Å². The quantitative estimate of drug-likeness (QED) is 0.459. The van der Waals surface area contributed by atoms with E-state index in [0.29, 0.717) is 5.11 Å². The number of nitrogens with one attached hydrogen (secondary N) is 1. The van der Waals surface area contributed by atoms with E-state index in [1.807, 2.05) is 78.9 Å². The molecule has 0 radical (unpaired) electrons. The van der Waals surface area contributed by atoms with Crippen LogP contribution in [0.15, 0.2) is 102 Å². The van der Waals surface area contributed by atoms with Gasteiger partial charge in [-0.15, -0.1) is 0 Å². The summed E-state index contributed by atoms with van der Waals surface area (Å²) < 4.78 is 6.34. The third-order valence-corrected chi connectivity index (χ3v) is 5.42. The van der Waals surface area contributed by atoms with Crippen LogP contribution in [-0.4, -0.2) is 10.1 Å². The van der Waals surface area contributed by atoms with Gasteiger partial charge in [0, 0.05) is 17.4 Å². The van der Waals surface area contributed by atoms with Gasteiger partial charge in [-0.05, 0) is 48.6 Å². The van der Waals surface area contributed by atoms with Crippen LogP contribution in [-0.2, 0) is 0 Å². The third kappa shape index (κ3) is 3.30. The van der Waals surface area contributed by atoms with Gasteiger partial charge in [-0.2, -0.15) is 0 Å². The number of furan rings is 1. The van der Waals surface area contributed by atoms with Crippen molar-refractivity contribution in [1.82, 2.24) is 10.3 Å². The number of hydrogen-bond acceptors (Lipinski definition) is 3. The van der Waals surface area contributed by atoms with E-state index in [9.17, 15) is 0 Å². The Balaban J connectivity index is 1.60. The minimum atomic E-state index is -0.141. The normalized spacial score (nSPS) is 18.6. The van der Waals surface area contributed by atoms with Crippen LogP contribution in [0.1, 0.15) is 23.5 Å². The summed E-state index contributed by atoms with van der Waals surface area (Å²) in [5.41, 5.74) is 3.00. The van der Waals surface area contributed by atoms with E-state index in [1.165, 1.54) is 0 Å². The largest absolute Gasteiger partial charge is 0.459 e. The fraction of sp³-hybridized carbons (Fsp3) is 0.0833. The van der Waals surface area contributed by atoms with Gasteiger partial charge < -0.3 is 14.6 Å². The van der Waals surface area contributed by atoms with Gasteiger partial charge in [-0.25, -0.2) is 0 Å². The van der Waals surface area contributed by atoms with E-state index in [1.54, 1.807) is 6.20 Å². The van der Waals surface area contributed by atoms with Crippen molar-refractivity contribution < 1.29 is 4.42 Å². The number of thiocarbonyl (C=S) groups is 1. The fourth-order valence-electron chi connectivity index (χ4n) is 3.78. The molecule has 0 aliphatic carbocycles. The van der Waals surface area contributed by atoms with Crippen LogP contribution in [0, 0.1) is 0 Å². The van der Waals surface area contributed by atoms with Gasteiger partial charge in [0.15, 0.2) is 5.11 Å². The predicted molar refractivity (Wildman–Crippen MR) is 119 cm³/mol. The molecule has 3 heterocycles. The first-order chi connectivity index (χ1) is 14.3. The maximum absolute atomic E-state index is 6.34.